The van der Waals surface area contributed by atoms with Gasteiger partial charge in [0.05, 0.1) is 0 Å². The van der Waals surface area contributed by atoms with Crippen LogP contribution >= 0.6 is 11.3 Å². The fourth-order valence-corrected chi connectivity index (χ4v) is 1.68. The van der Waals surface area contributed by atoms with Gasteiger partial charge < -0.3 is 5.73 Å². The molecule has 1 aromatic heterocycles. The maximum atomic E-state index is 5.49. The molecular weight excluding hydrogens is 170 g/mol. The Kier molecular flexibility index (Phi) is 2.47. The van der Waals surface area contributed by atoms with Crippen LogP contribution in [0.25, 0.3) is 0 Å². The van der Waals surface area contributed by atoms with Crippen molar-refractivity contribution in [1.29, 1.82) is 0 Å². The van der Waals surface area contributed by atoms with E-state index in [0.29, 0.717) is 5.13 Å². The number of nitrogens with zero attached hydrogens (tertiary/aromatic N) is 2. The van der Waals surface area contributed by atoms with E-state index in [2.05, 4.69) is 30.6 Å². The second-order valence-electron chi connectivity index (χ2n) is 3.32. The number of aromatic nitrogens is 2. The molecule has 2 N–H and O–H groups in total. The molecule has 0 spiro atoms. The van der Waals surface area contributed by atoms with Crippen LogP contribution in [-0.4, -0.2) is 10.2 Å². The average Bonchev–Trinajstić information content (AvgIpc) is 2.36. The van der Waals surface area contributed by atoms with Crippen LogP contribution in [-0.2, 0) is 5.41 Å². The molecule has 0 aliphatic rings. The van der Waals surface area contributed by atoms with E-state index in [4.69, 9.17) is 5.73 Å². The summed E-state index contributed by atoms with van der Waals surface area (Å²) >= 11 is 1.44. The molecule has 0 fully saturated rings. The van der Waals surface area contributed by atoms with Gasteiger partial charge in [0, 0.05) is 5.41 Å². The molecule has 0 saturated heterocycles. The molecule has 0 atom stereocenters. The van der Waals surface area contributed by atoms with Crippen molar-refractivity contribution in [1.82, 2.24) is 10.2 Å². The van der Waals surface area contributed by atoms with Gasteiger partial charge in [-0.05, 0) is 6.42 Å². The van der Waals surface area contributed by atoms with Crippen LogP contribution in [0.5, 0.6) is 0 Å². The molecule has 0 saturated carbocycles. The van der Waals surface area contributed by atoms with E-state index in [1.165, 1.54) is 11.3 Å². The van der Waals surface area contributed by atoms with E-state index >= 15 is 0 Å². The molecular formula is C8H13N3S. The van der Waals surface area contributed by atoms with Crippen molar-refractivity contribution in [3.8, 4) is 0 Å². The van der Waals surface area contributed by atoms with Gasteiger partial charge in [-0.3, -0.25) is 0 Å². The molecule has 0 amide bonds. The van der Waals surface area contributed by atoms with E-state index in [1.54, 1.807) is 0 Å². The normalized spacial score (nSPS) is 11.5. The van der Waals surface area contributed by atoms with Crippen LogP contribution in [0.15, 0.2) is 12.7 Å². The van der Waals surface area contributed by atoms with Gasteiger partial charge in [0.25, 0.3) is 0 Å². The molecule has 0 bridgehead atoms. The van der Waals surface area contributed by atoms with E-state index in [0.717, 1.165) is 11.4 Å². The van der Waals surface area contributed by atoms with Crippen LogP contribution in [0.2, 0.25) is 0 Å². The summed E-state index contributed by atoms with van der Waals surface area (Å²) in [4.78, 5) is 0. The summed E-state index contributed by atoms with van der Waals surface area (Å²) in [6.07, 6.45) is 2.78. The highest BCUT2D eigenvalue weighted by Crippen LogP contribution is 2.30. The first-order chi connectivity index (χ1) is 5.56. The summed E-state index contributed by atoms with van der Waals surface area (Å²) in [7, 11) is 0. The quantitative estimate of drug-likeness (QED) is 0.729. The fourth-order valence-electron chi connectivity index (χ4n) is 0.956. The number of hydrogen-bond acceptors (Lipinski definition) is 4. The van der Waals surface area contributed by atoms with Gasteiger partial charge in [0.15, 0.2) is 0 Å². The van der Waals surface area contributed by atoms with Crippen molar-refractivity contribution in [2.24, 2.45) is 0 Å². The SMILES string of the molecule is C=CCC(C)(C)c1nnc(N)s1. The summed E-state index contributed by atoms with van der Waals surface area (Å²) < 4.78 is 0. The minimum atomic E-state index is 0.0109. The van der Waals surface area contributed by atoms with E-state index in [1.807, 2.05) is 6.08 Å². The Morgan fingerprint density at radius 3 is 2.67 bits per heavy atom. The minimum absolute atomic E-state index is 0.0109. The first-order valence-electron chi connectivity index (χ1n) is 3.76. The van der Waals surface area contributed by atoms with Crippen LogP contribution in [0, 0.1) is 0 Å². The van der Waals surface area contributed by atoms with Crippen LogP contribution in [0.1, 0.15) is 25.3 Å². The zero-order valence-electron chi connectivity index (χ0n) is 7.37. The van der Waals surface area contributed by atoms with Gasteiger partial charge in [-0.25, -0.2) is 0 Å². The number of allylic oxidation sites excluding steroid dienone is 1. The lowest BCUT2D eigenvalue weighted by molar-refractivity contribution is 0.525. The Morgan fingerprint density at radius 2 is 2.25 bits per heavy atom. The summed E-state index contributed by atoms with van der Waals surface area (Å²) in [6.45, 7) is 7.91. The zero-order chi connectivity index (χ0) is 9.19. The molecule has 1 rings (SSSR count). The molecule has 1 heterocycles. The summed E-state index contributed by atoms with van der Waals surface area (Å²) in [5, 5.41) is 9.28. The lowest BCUT2D eigenvalue weighted by atomic mass is 9.90. The predicted octanol–water partition coefficient (Wildman–Crippen LogP) is 1.97. The molecule has 0 aliphatic carbocycles. The van der Waals surface area contributed by atoms with E-state index < -0.39 is 0 Å². The Hall–Kier alpha value is -0.900. The van der Waals surface area contributed by atoms with E-state index in [9.17, 15) is 0 Å². The standard InChI is InChI=1S/C8H13N3S/c1-4-5-8(2,3)6-10-11-7(9)12-6/h4H,1,5H2,2-3H3,(H2,9,11). The van der Waals surface area contributed by atoms with Crippen molar-refractivity contribution in [3.05, 3.63) is 17.7 Å². The summed E-state index contributed by atoms with van der Waals surface area (Å²) in [6, 6.07) is 0. The third kappa shape index (κ3) is 1.82. The lowest BCUT2D eigenvalue weighted by Gasteiger charge is -2.18. The molecule has 4 heteroatoms. The summed E-state index contributed by atoms with van der Waals surface area (Å²) in [5.41, 5.74) is 5.50. The highest BCUT2D eigenvalue weighted by molar-refractivity contribution is 7.15. The number of nitrogens with two attached hydrogens (primary N) is 1. The molecule has 0 aromatic carbocycles. The van der Waals surface area contributed by atoms with Crippen LogP contribution in [0.3, 0.4) is 0 Å². The number of hydrogen-bond donors (Lipinski definition) is 1. The first kappa shape index (κ1) is 9.19. The van der Waals surface area contributed by atoms with Gasteiger partial charge in [-0.15, -0.1) is 16.8 Å². The minimum Gasteiger partial charge on any atom is -0.374 e. The Balaban J connectivity index is 2.88. The highest BCUT2D eigenvalue weighted by atomic mass is 32.1. The fraction of sp³-hybridized carbons (Fsp3) is 0.500. The molecule has 3 nitrogen and oxygen atoms in total. The van der Waals surface area contributed by atoms with Crippen molar-refractivity contribution in [3.63, 3.8) is 0 Å². The van der Waals surface area contributed by atoms with Gasteiger partial charge >= 0.3 is 0 Å². The van der Waals surface area contributed by atoms with Gasteiger partial charge in [-0.1, -0.05) is 31.3 Å². The van der Waals surface area contributed by atoms with E-state index in [-0.39, 0.29) is 5.41 Å². The monoisotopic (exact) mass is 183 g/mol. The Labute approximate surface area is 76.3 Å². The maximum Gasteiger partial charge on any atom is 0.203 e. The molecule has 12 heavy (non-hydrogen) atoms. The van der Waals surface area contributed by atoms with Gasteiger partial charge in [-0.2, -0.15) is 0 Å². The van der Waals surface area contributed by atoms with Gasteiger partial charge in [0.1, 0.15) is 5.01 Å². The molecule has 66 valence electrons. The molecule has 0 radical (unpaired) electrons. The van der Waals surface area contributed by atoms with Crippen LogP contribution in [0.4, 0.5) is 5.13 Å². The molecule has 0 aliphatic heterocycles. The topological polar surface area (TPSA) is 51.8 Å². The molecule has 1 aromatic rings. The number of rotatable bonds is 3. The first-order valence-corrected chi connectivity index (χ1v) is 4.58. The van der Waals surface area contributed by atoms with Crippen molar-refractivity contribution < 1.29 is 0 Å². The Morgan fingerprint density at radius 1 is 1.58 bits per heavy atom. The number of anilines is 1. The zero-order valence-corrected chi connectivity index (χ0v) is 8.19. The van der Waals surface area contributed by atoms with Crippen LogP contribution < -0.4 is 5.73 Å². The van der Waals surface area contributed by atoms with Crippen molar-refractivity contribution >= 4 is 16.5 Å². The molecule has 0 unspecified atom stereocenters. The largest absolute Gasteiger partial charge is 0.374 e. The summed E-state index contributed by atoms with van der Waals surface area (Å²) in [5.74, 6) is 0. The number of nitrogen functional groups attached to an aromatic ring is 1. The lowest BCUT2D eigenvalue weighted by Crippen LogP contribution is -2.15. The smallest absolute Gasteiger partial charge is 0.203 e. The maximum absolute atomic E-state index is 5.49. The third-order valence-electron chi connectivity index (χ3n) is 1.67. The second-order valence-corrected chi connectivity index (χ2v) is 4.33. The van der Waals surface area contributed by atoms with Crippen molar-refractivity contribution in [2.45, 2.75) is 25.7 Å². The Bertz CT molecular complexity index is 278. The average molecular weight is 183 g/mol. The third-order valence-corrected chi connectivity index (χ3v) is 2.79. The van der Waals surface area contributed by atoms with Gasteiger partial charge in [0.2, 0.25) is 5.13 Å². The second kappa shape index (κ2) is 3.23. The predicted molar refractivity (Wildman–Crippen MR) is 52.2 cm³/mol. The van der Waals surface area contributed by atoms with Crippen molar-refractivity contribution in [2.75, 3.05) is 5.73 Å². The highest BCUT2D eigenvalue weighted by Gasteiger charge is 2.23.